The van der Waals surface area contributed by atoms with E-state index in [1.54, 1.807) is 6.20 Å². The molecule has 2 aliphatic heterocycles. The van der Waals surface area contributed by atoms with Gasteiger partial charge in [-0.05, 0) is 50.3 Å². The monoisotopic (exact) mass is 495 g/mol. The topological polar surface area (TPSA) is 95.5 Å². The Balaban J connectivity index is 1.42. The van der Waals surface area contributed by atoms with E-state index in [0.29, 0.717) is 18.1 Å². The van der Waals surface area contributed by atoms with Gasteiger partial charge in [0.1, 0.15) is 22.8 Å². The predicted octanol–water partition coefficient (Wildman–Crippen LogP) is 3.13. The summed E-state index contributed by atoms with van der Waals surface area (Å²) >= 11 is 5.82. The van der Waals surface area contributed by atoms with E-state index in [1.807, 2.05) is 4.90 Å². The standard InChI is InChI=1S/C22H27ClFN5O3S/c1-33(31,32)16-5-6-18(17(24)12-16)27-19-4-2-3-9-29(22(19)30)15-7-10-28(11-8-15)21-14-25-20(23)13-26-21/h5-6,12-15,19,27H,2-4,7-11H2,1H3. The summed E-state index contributed by atoms with van der Waals surface area (Å²) in [5.41, 5.74) is 0.138. The van der Waals surface area contributed by atoms with Gasteiger partial charge in [0.05, 0.1) is 23.0 Å². The molecule has 0 bridgehead atoms. The number of benzene rings is 1. The number of nitrogens with one attached hydrogen (secondary N) is 1. The van der Waals surface area contributed by atoms with Gasteiger partial charge < -0.3 is 15.1 Å². The highest BCUT2D eigenvalue weighted by molar-refractivity contribution is 7.90. The van der Waals surface area contributed by atoms with Gasteiger partial charge in [0.15, 0.2) is 9.84 Å². The molecule has 1 N–H and O–H groups in total. The molecule has 0 spiro atoms. The van der Waals surface area contributed by atoms with Crippen LogP contribution in [0.15, 0.2) is 35.5 Å². The van der Waals surface area contributed by atoms with Crippen molar-refractivity contribution in [3.63, 3.8) is 0 Å². The summed E-state index contributed by atoms with van der Waals surface area (Å²) in [4.78, 5) is 25.8. The molecule has 1 amide bonds. The summed E-state index contributed by atoms with van der Waals surface area (Å²) in [6.07, 6.45) is 8.17. The Morgan fingerprint density at radius 3 is 2.48 bits per heavy atom. The number of carbonyl (C=O) groups is 1. The van der Waals surface area contributed by atoms with Gasteiger partial charge in [-0.15, -0.1) is 0 Å². The molecule has 0 radical (unpaired) electrons. The Bertz CT molecular complexity index is 1110. The van der Waals surface area contributed by atoms with E-state index in [2.05, 4.69) is 20.2 Å². The number of hydrogen-bond acceptors (Lipinski definition) is 7. The normalized spacial score (nSPS) is 20.6. The minimum absolute atomic E-state index is 0.0381. The minimum Gasteiger partial charge on any atom is -0.371 e. The van der Waals surface area contributed by atoms with Crippen LogP contribution in [0, 0.1) is 5.82 Å². The van der Waals surface area contributed by atoms with Gasteiger partial charge in [0.2, 0.25) is 5.91 Å². The first-order valence-electron chi connectivity index (χ1n) is 11.0. The van der Waals surface area contributed by atoms with Crippen molar-refractivity contribution in [3.05, 3.63) is 41.6 Å². The Labute approximate surface area is 198 Å². The first kappa shape index (κ1) is 23.7. The van der Waals surface area contributed by atoms with E-state index < -0.39 is 21.7 Å². The molecule has 4 rings (SSSR count). The van der Waals surface area contributed by atoms with E-state index >= 15 is 0 Å². The van der Waals surface area contributed by atoms with Gasteiger partial charge in [-0.25, -0.2) is 22.8 Å². The average Bonchev–Trinajstić information content (AvgIpc) is 2.96. The summed E-state index contributed by atoms with van der Waals surface area (Å²) in [5.74, 6) is 0.0512. The van der Waals surface area contributed by atoms with E-state index in [-0.39, 0.29) is 22.5 Å². The lowest BCUT2D eigenvalue weighted by Crippen LogP contribution is -2.51. The fraction of sp³-hybridized carbons (Fsp3) is 0.500. The number of piperidine rings is 1. The molecule has 2 aliphatic rings. The van der Waals surface area contributed by atoms with Gasteiger partial charge in [-0.2, -0.15) is 0 Å². The number of aromatic nitrogens is 2. The van der Waals surface area contributed by atoms with Crippen LogP contribution in [0.4, 0.5) is 15.9 Å². The number of halogens is 2. The molecule has 178 valence electrons. The molecular formula is C22H27ClFN5O3S. The SMILES string of the molecule is CS(=O)(=O)c1ccc(NC2CCCCN(C3CCN(c4cnc(Cl)cn4)CC3)C2=O)c(F)c1. The zero-order valence-electron chi connectivity index (χ0n) is 18.4. The highest BCUT2D eigenvalue weighted by atomic mass is 35.5. The summed E-state index contributed by atoms with van der Waals surface area (Å²) in [6.45, 7) is 2.19. The number of nitrogens with zero attached hydrogens (tertiary/aromatic N) is 4. The van der Waals surface area contributed by atoms with Gasteiger partial charge in [-0.1, -0.05) is 11.6 Å². The first-order chi connectivity index (χ1) is 15.7. The van der Waals surface area contributed by atoms with Crippen LogP contribution in [-0.4, -0.2) is 67.2 Å². The molecule has 0 saturated carbocycles. The van der Waals surface area contributed by atoms with Crippen molar-refractivity contribution < 1.29 is 17.6 Å². The van der Waals surface area contributed by atoms with Crippen LogP contribution in [0.3, 0.4) is 0 Å². The summed E-state index contributed by atoms with van der Waals surface area (Å²) in [7, 11) is -3.50. The van der Waals surface area contributed by atoms with Gasteiger partial charge in [0, 0.05) is 31.9 Å². The second-order valence-electron chi connectivity index (χ2n) is 8.55. The molecule has 1 atom stereocenters. The predicted molar refractivity (Wildman–Crippen MR) is 125 cm³/mol. The molecular weight excluding hydrogens is 469 g/mol. The summed E-state index contributed by atoms with van der Waals surface area (Å²) in [5, 5.41) is 3.38. The molecule has 2 aromatic rings. The van der Waals surface area contributed by atoms with Crippen molar-refractivity contribution in [1.29, 1.82) is 0 Å². The second-order valence-corrected chi connectivity index (χ2v) is 11.0. The lowest BCUT2D eigenvalue weighted by atomic mass is 10.0. The Kier molecular flexibility index (Phi) is 7.04. The fourth-order valence-electron chi connectivity index (χ4n) is 4.47. The van der Waals surface area contributed by atoms with E-state index in [4.69, 9.17) is 11.6 Å². The summed E-state index contributed by atoms with van der Waals surface area (Å²) in [6, 6.07) is 3.29. The lowest BCUT2D eigenvalue weighted by molar-refractivity contribution is -0.134. The third-order valence-electron chi connectivity index (χ3n) is 6.26. The van der Waals surface area contributed by atoms with Gasteiger partial charge in [-0.3, -0.25) is 4.79 Å². The highest BCUT2D eigenvalue weighted by Crippen LogP contribution is 2.27. The molecule has 1 aromatic heterocycles. The summed E-state index contributed by atoms with van der Waals surface area (Å²) < 4.78 is 37.9. The number of carbonyl (C=O) groups excluding carboxylic acids is 1. The molecule has 1 unspecified atom stereocenters. The maximum absolute atomic E-state index is 14.6. The number of anilines is 2. The second kappa shape index (κ2) is 9.80. The van der Waals surface area contributed by atoms with Crippen molar-refractivity contribution in [2.45, 2.75) is 49.1 Å². The fourth-order valence-corrected chi connectivity index (χ4v) is 5.20. The van der Waals surface area contributed by atoms with Crippen molar-refractivity contribution >= 4 is 38.9 Å². The molecule has 2 fully saturated rings. The lowest BCUT2D eigenvalue weighted by Gasteiger charge is -2.39. The van der Waals surface area contributed by atoms with E-state index in [1.165, 1.54) is 18.3 Å². The van der Waals surface area contributed by atoms with E-state index in [0.717, 1.165) is 56.9 Å². The number of rotatable bonds is 5. The van der Waals surface area contributed by atoms with Crippen molar-refractivity contribution in [2.24, 2.45) is 0 Å². The van der Waals surface area contributed by atoms with E-state index in [9.17, 15) is 17.6 Å². The zero-order valence-corrected chi connectivity index (χ0v) is 19.9. The maximum atomic E-state index is 14.6. The van der Waals surface area contributed by atoms with Crippen molar-refractivity contribution in [3.8, 4) is 0 Å². The van der Waals surface area contributed by atoms with Crippen LogP contribution < -0.4 is 10.2 Å². The molecule has 0 aliphatic carbocycles. The highest BCUT2D eigenvalue weighted by Gasteiger charge is 2.34. The minimum atomic E-state index is -3.50. The van der Waals surface area contributed by atoms with Gasteiger partial charge >= 0.3 is 0 Å². The molecule has 3 heterocycles. The van der Waals surface area contributed by atoms with Crippen LogP contribution in [0.5, 0.6) is 0 Å². The van der Waals surface area contributed by atoms with Crippen LogP contribution in [-0.2, 0) is 14.6 Å². The maximum Gasteiger partial charge on any atom is 0.245 e. The van der Waals surface area contributed by atoms with Crippen LogP contribution >= 0.6 is 11.6 Å². The molecule has 2 saturated heterocycles. The molecule has 11 heteroatoms. The third kappa shape index (κ3) is 5.55. The first-order valence-corrected chi connectivity index (χ1v) is 13.3. The Hall–Kier alpha value is -2.46. The van der Waals surface area contributed by atoms with Crippen LogP contribution in [0.25, 0.3) is 0 Å². The Morgan fingerprint density at radius 2 is 1.85 bits per heavy atom. The molecule has 1 aromatic carbocycles. The zero-order chi connectivity index (χ0) is 23.6. The quantitative estimate of drug-likeness (QED) is 0.680. The van der Waals surface area contributed by atoms with Crippen LogP contribution in [0.2, 0.25) is 5.15 Å². The van der Waals surface area contributed by atoms with Crippen LogP contribution in [0.1, 0.15) is 32.1 Å². The van der Waals surface area contributed by atoms with Crippen molar-refractivity contribution in [2.75, 3.05) is 36.1 Å². The van der Waals surface area contributed by atoms with Crippen molar-refractivity contribution in [1.82, 2.24) is 14.9 Å². The number of amides is 1. The largest absolute Gasteiger partial charge is 0.371 e. The molecule has 8 nitrogen and oxygen atoms in total. The number of likely N-dealkylation sites (tertiary alicyclic amines) is 1. The third-order valence-corrected chi connectivity index (χ3v) is 7.56. The smallest absolute Gasteiger partial charge is 0.245 e. The number of hydrogen-bond donors (Lipinski definition) is 1. The van der Waals surface area contributed by atoms with Gasteiger partial charge in [0.25, 0.3) is 0 Å². The Morgan fingerprint density at radius 1 is 1.09 bits per heavy atom. The molecule has 33 heavy (non-hydrogen) atoms. The average molecular weight is 496 g/mol. The number of sulfone groups is 1.